The van der Waals surface area contributed by atoms with Gasteiger partial charge in [-0.1, -0.05) is 24.5 Å². The Kier molecular flexibility index (Phi) is 7.69. The number of carbonyl (C=O) groups excluding carboxylic acids is 2. The van der Waals surface area contributed by atoms with E-state index in [0.29, 0.717) is 19.6 Å². The molecule has 6 nitrogen and oxygen atoms in total. The van der Waals surface area contributed by atoms with Crippen LogP contribution in [-0.2, 0) is 9.59 Å². The first-order chi connectivity index (χ1) is 14.1. The maximum atomic E-state index is 12.6. The van der Waals surface area contributed by atoms with E-state index in [0.717, 1.165) is 55.9 Å². The normalized spacial score (nSPS) is 18.7. The van der Waals surface area contributed by atoms with Gasteiger partial charge in [-0.2, -0.15) is 0 Å². The van der Waals surface area contributed by atoms with Crippen molar-refractivity contribution in [3.8, 4) is 5.75 Å². The Labute approximate surface area is 174 Å². The minimum Gasteiger partial charge on any atom is -0.496 e. The summed E-state index contributed by atoms with van der Waals surface area (Å²) in [6.07, 6.45) is 8.13. The number of hydrogen-bond acceptors (Lipinski definition) is 4. The Morgan fingerprint density at radius 2 is 1.66 bits per heavy atom. The molecule has 0 aromatic heterocycles. The lowest BCUT2D eigenvalue weighted by Crippen LogP contribution is -2.51. The molecule has 0 unspecified atom stereocenters. The van der Waals surface area contributed by atoms with Gasteiger partial charge in [0.2, 0.25) is 11.8 Å². The van der Waals surface area contributed by atoms with Gasteiger partial charge in [0.15, 0.2) is 0 Å². The van der Waals surface area contributed by atoms with Crippen molar-refractivity contribution in [1.82, 2.24) is 14.7 Å². The first-order valence-electron chi connectivity index (χ1n) is 10.7. The minimum atomic E-state index is 0.00653. The largest absolute Gasteiger partial charge is 0.496 e. The van der Waals surface area contributed by atoms with Crippen molar-refractivity contribution >= 4 is 17.9 Å². The standard InChI is InChI=1S/C23H33N3O3/c1-19-7-9-21(29-2)20(17-19)8-10-22(27)26-15-13-24(14-16-26)18-23(28)25-11-5-3-4-6-12-25/h7-10,17H,3-6,11-16,18H2,1-2H3/b10-8+. The van der Waals surface area contributed by atoms with E-state index in [1.165, 1.54) is 12.8 Å². The van der Waals surface area contributed by atoms with E-state index in [9.17, 15) is 9.59 Å². The zero-order valence-electron chi connectivity index (χ0n) is 17.7. The van der Waals surface area contributed by atoms with Crippen LogP contribution in [0.5, 0.6) is 5.75 Å². The number of ether oxygens (including phenoxy) is 1. The molecule has 2 amide bonds. The number of nitrogens with zero attached hydrogens (tertiary/aromatic N) is 3. The smallest absolute Gasteiger partial charge is 0.246 e. The second-order valence-electron chi connectivity index (χ2n) is 7.98. The number of aryl methyl sites for hydroxylation is 1. The molecule has 1 aromatic carbocycles. The second-order valence-corrected chi connectivity index (χ2v) is 7.98. The molecule has 0 saturated carbocycles. The molecular formula is C23H33N3O3. The van der Waals surface area contributed by atoms with Crippen LogP contribution in [0, 0.1) is 6.92 Å². The summed E-state index contributed by atoms with van der Waals surface area (Å²) in [5.41, 5.74) is 2.03. The third-order valence-corrected chi connectivity index (χ3v) is 5.79. The highest BCUT2D eigenvalue weighted by atomic mass is 16.5. The highest BCUT2D eigenvalue weighted by molar-refractivity contribution is 5.92. The summed E-state index contributed by atoms with van der Waals surface area (Å²) in [7, 11) is 1.63. The van der Waals surface area contributed by atoms with Crippen LogP contribution in [0.15, 0.2) is 24.3 Å². The predicted octanol–water partition coefficient (Wildman–Crippen LogP) is 2.56. The Morgan fingerprint density at radius 3 is 2.31 bits per heavy atom. The van der Waals surface area contributed by atoms with E-state index in [-0.39, 0.29) is 11.8 Å². The number of amides is 2. The molecule has 0 aliphatic carbocycles. The lowest BCUT2D eigenvalue weighted by molar-refractivity contribution is -0.133. The molecule has 29 heavy (non-hydrogen) atoms. The number of benzene rings is 1. The Hall–Kier alpha value is -2.34. The van der Waals surface area contributed by atoms with E-state index in [1.807, 2.05) is 41.0 Å². The molecule has 2 aliphatic heterocycles. The van der Waals surface area contributed by atoms with Crippen molar-refractivity contribution in [3.63, 3.8) is 0 Å². The Morgan fingerprint density at radius 1 is 0.966 bits per heavy atom. The van der Waals surface area contributed by atoms with E-state index >= 15 is 0 Å². The van der Waals surface area contributed by atoms with Crippen molar-refractivity contribution in [2.45, 2.75) is 32.6 Å². The van der Waals surface area contributed by atoms with Gasteiger partial charge in [0.05, 0.1) is 13.7 Å². The topological polar surface area (TPSA) is 53.1 Å². The van der Waals surface area contributed by atoms with Crippen molar-refractivity contribution in [3.05, 3.63) is 35.4 Å². The molecule has 2 heterocycles. The van der Waals surface area contributed by atoms with Gasteiger partial charge >= 0.3 is 0 Å². The van der Waals surface area contributed by atoms with Crippen LogP contribution in [0.4, 0.5) is 0 Å². The predicted molar refractivity (Wildman–Crippen MR) is 115 cm³/mol. The molecule has 3 rings (SSSR count). The van der Waals surface area contributed by atoms with E-state index in [1.54, 1.807) is 13.2 Å². The Balaban J connectivity index is 1.48. The molecule has 0 N–H and O–H groups in total. The van der Waals surface area contributed by atoms with Gasteiger partial charge in [0, 0.05) is 50.9 Å². The van der Waals surface area contributed by atoms with Gasteiger partial charge in [-0.05, 0) is 38.0 Å². The summed E-state index contributed by atoms with van der Waals surface area (Å²) in [5.74, 6) is 1.00. The molecule has 6 heteroatoms. The maximum Gasteiger partial charge on any atom is 0.246 e. The summed E-state index contributed by atoms with van der Waals surface area (Å²) < 4.78 is 5.37. The first kappa shape index (κ1) is 21.4. The highest BCUT2D eigenvalue weighted by Gasteiger charge is 2.23. The number of piperazine rings is 1. The van der Waals surface area contributed by atoms with E-state index in [2.05, 4.69) is 4.90 Å². The average molecular weight is 400 g/mol. The molecule has 2 saturated heterocycles. The molecule has 1 aromatic rings. The van der Waals surface area contributed by atoms with Gasteiger partial charge in [0.25, 0.3) is 0 Å². The zero-order valence-corrected chi connectivity index (χ0v) is 17.7. The average Bonchev–Trinajstić information content (AvgIpc) is 3.02. The molecular weight excluding hydrogens is 366 g/mol. The summed E-state index contributed by atoms with van der Waals surface area (Å²) in [4.78, 5) is 31.2. The van der Waals surface area contributed by atoms with E-state index in [4.69, 9.17) is 4.74 Å². The highest BCUT2D eigenvalue weighted by Crippen LogP contribution is 2.21. The molecule has 0 radical (unpaired) electrons. The number of likely N-dealkylation sites (tertiary alicyclic amines) is 1. The third-order valence-electron chi connectivity index (χ3n) is 5.79. The number of carbonyl (C=O) groups is 2. The summed E-state index contributed by atoms with van der Waals surface area (Å²) >= 11 is 0. The van der Waals surface area contributed by atoms with Crippen LogP contribution in [0.25, 0.3) is 6.08 Å². The van der Waals surface area contributed by atoms with Crippen molar-refractivity contribution in [2.75, 3.05) is 52.9 Å². The van der Waals surface area contributed by atoms with Crippen LogP contribution < -0.4 is 4.74 Å². The van der Waals surface area contributed by atoms with Gasteiger partial charge in [0.1, 0.15) is 5.75 Å². The molecule has 0 bridgehead atoms. The van der Waals surface area contributed by atoms with Gasteiger partial charge in [-0.3, -0.25) is 14.5 Å². The third kappa shape index (κ3) is 6.07. The molecule has 158 valence electrons. The lowest BCUT2D eigenvalue weighted by Gasteiger charge is -2.35. The fraction of sp³-hybridized carbons (Fsp3) is 0.565. The first-order valence-corrected chi connectivity index (χ1v) is 10.7. The Bertz CT molecular complexity index is 731. The zero-order chi connectivity index (χ0) is 20.6. The molecule has 2 aliphatic rings. The summed E-state index contributed by atoms with van der Waals surface area (Å²) in [5, 5.41) is 0. The van der Waals surface area contributed by atoms with Crippen LogP contribution >= 0.6 is 0 Å². The number of methoxy groups -OCH3 is 1. The maximum absolute atomic E-state index is 12.6. The van der Waals surface area contributed by atoms with Crippen molar-refractivity contribution in [2.24, 2.45) is 0 Å². The monoisotopic (exact) mass is 399 g/mol. The number of rotatable bonds is 5. The van der Waals surface area contributed by atoms with Gasteiger partial charge in [-0.25, -0.2) is 0 Å². The van der Waals surface area contributed by atoms with Crippen molar-refractivity contribution < 1.29 is 14.3 Å². The molecule has 0 atom stereocenters. The van der Waals surface area contributed by atoms with Gasteiger partial charge < -0.3 is 14.5 Å². The fourth-order valence-corrected chi connectivity index (χ4v) is 3.99. The van der Waals surface area contributed by atoms with Crippen molar-refractivity contribution in [1.29, 1.82) is 0 Å². The molecule has 2 fully saturated rings. The second kappa shape index (κ2) is 10.4. The van der Waals surface area contributed by atoms with E-state index < -0.39 is 0 Å². The van der Waals surface area contributed by atoms with Crippen LogP contribution in [0.3, 0.4) is 0 Å². The van der Waals surface area contributed by atoms with Crippen LogP contribution in [0.1, 0.15) is 36.8 Å². The number of hydrogen-bond donors (Lipinski definition) is 0. The SMILES string of the molecule is COc1ccc(C)cc1/C=C/C(=O)N1CCN(CC(=O)N2CCCCCC2)CC1. The quantitative estimate of drug-likeness (QED) is 0.714. The summed E-state index contributed by atoms with van der Waals surface area (Å²) in [6.45, 7) is 7.07. The fourth-order valence-electron chi connectivity index (χ4n) is 3.99. The van der Waals surface area contributed by atoms with Crippen LogP contribution in [0.2, 0.25) is 0 Å². The lowest BCUT2D eigenvalue weighted by atomic mass is 10.1. The molecule has 0 spiro atoms. The minimum absolute atomic E-state index is 0.00653. The van der Waals surface area contributed by atoms with Crippen LogP contribution in [-0.4, -0.2) is 79.4 Å². The van der Waals surface area contributed by atoms with Gasteiger partial charge in [-0.15, -0.1) is 0 Å². The summed E-state index contributed by atoms with van der Waals surface area (Å²) in [6, 6.07) is 5.92.